The second-order valence-corrected chi connectivity index (χ2v) is 5.60. The monoisotopic (exact) mass is 257 g/mol. The summed E-state index contributed by atoms with van der Waals surface area (Å²) in [7, 11) is 0. The predicted octanol–water partition coefficient (Wildman–Crippen LogP) is 3.01. The predicted molar refractivity (Wildman–Crippen MR) is 72.6 cm³/mol. The lowest BCUT2D eigenvalue weighted by atomic mass is 9.56. The summed E-state index contributed by atoms with van der Waals surface area (Å²) >= 11 is 0. The molecule has 3 aliphatic rings. The Morgan fingerprint density at radius 1 is 1.21 bits per heavy atom. The molecule has 3 nitrogen and oxygen atoms in total. The molecule has 1 aromatic rings. The number of nitrogens with zero attached hydrogens (tertiary/aromatic N) is 1. The lowest BCUT2D eigenvalue weighted by Gasteiger charge is -2.47. The van der Waals surface area contributed by atoms with Gasteiger partial charge in [-0.3, -0.25) is 9.78 Å². The zero-order valence-electron chi connectivity index (χ0n) is 11.3. The molecule has 3 aliphatic carbocycles. The van der Waals surface area contributed by atoms with Gasteiger partial charge >= 0.3 is 5.97 Å². The first-order valence-electron chi connectivity index (χ1n) is 6.99. The minimum Gasteiger partial charge on any atom is -0.465 e. The van der Waals surface area contributed by atoms with Crippen molar-refractivity contribution in [3.05, 3.63) is 42.2 Å². The molecule has 0 aromatic carbocycles. The molecule has 0 unspecified atom stereocenters. The van der Waals surface area contributed by atoms with Gasteiger partial charge in [-0.1, -0.05) is 12.2 Å². The van der Waals surface area contributed by atoms with Gasteiger partial charge in [0.15, 0.2) is 0 Å². The van der Waals surface area contributed by atoms with Crippen LogP contribution >= 0.6 is 0 Å². The van der Waals surface area contributed by atoms with Gasteiger partial charge in [0.25, 0.3) is 0 Å². The summed E-state index contributed by atoms with van der Waals surface area (Å²) in [6.45, 7) is 2.33. The van der Waals surface area contributed by atoms with E-state index in [2.05, 4.69) is 29.3 Å². The van der Waals surface area contributed by atoms with Gasteiger partial charge in [-0.15, -0.1) is 0 Å². The number of allylic oxidation sites excluding steroid dienone is 1. The molecule has 0 spiro atoms. The Kier molecular flexibility index (Phi) is 2.92. The molecular formula is C16H19NO2. The molecule has 0 radical (unpaired) electrons. The molecule has 0 N–H and O–H groups in total. The van der Waals surface area contributed by atoms with Crippen LogP contribution in [0.5, 0.6) is 0 Å². The van der Waals surface area contributed by atoms with Crippen LogP contribution in [0.4, 0.5) is 0 Å². The number of aromatic nitrogens is 1. The van der Waals surface area contributed by atoms with Gasteiger partial charge in [-0.05, 0) is 50.3 Å². The Bertz CT molecular complexity index is 499. The number of esters is 1. The van der Waals surface area contributed by atoms with Crippen molar-refractivity contribution in [2.45, 2.75) is 38.0 Å². The third-order valence-corrected chi connectivity index (χ3v) is 4.69. The highest BCUT2D eigenvalue weighted by molar-refractivity contribution is 5.80. The molecule has 1 heterocycles. The van der Waals surface area contributed by atoms with Crippen LogP contribution in [0.2, 0.25) is 0 Å². The minimum absolute atomic E-state index is 0.0470. The summed E-state index contributed by atoms with van der Waals surface area (Å²) in [4.78, 5) is 16.2. The summed E-state index contributed by atoms with van der Waals surface area (Å²) in [5, 5.41) is 0. The van der Waals surface area contributed by atoms with Crippen LogP contribution in [0, 0.1) is 5.41 Å². The number of ether oxygens (including phenoxy) is 1. The average molecular weight is 257 g/mol. The molecule has 2 bridgehead atoms. The van der Waals surface area contributed by atoms with Crippen LogP contribution in [0.3, 0.4) is 0 Å². The standard InChI is InChI=1S/C16H19NO2/c1-2-19-14(18)16-8-5-15(6-9-16,7-10-16)13-3-11-17-12-4-13/h3-5,8,11-12H,2,6-7,9-10H2,1H3. The third kappa shape index (κ3) is 1.88. The molecule has 0 saturated heterocycles. The Morgan fingerprint density at radius 3 is 2.42 bits per heavy atom. The number of hydrogen-bond acceptors (Lipinski definition) is 3. The first-order valence-corrected chi connectivity index (χ1v) is 6.99. The molecule has 0 aliphatic heterocycles. The van der Waals surface area contributed by atoms with Crippen molar-refractivity contribution < 1.29 is 9.53 Å². The molecule has 1 saturated carbocycles. The van der Waals surface area contributed by atoms with Crippen molar-refractivity contribution in [2.24, 2.45) is 5.41 Å². The highest BCUT2D eigenvalue weighted by atomic mass is 16.5. The number of carbonyl (C=O) groups excluding carboxylic acids is 1. The minimum atomic E-state index is -0.356. The van der Waals surface area contributed by atoms with Crippen molar-refractivity contribution in [1.29, 1.82) is 0 Å². The van der Waals surface area contributed by atoms with Crippen molar-refractivity contribution in [3.8, 4) is 0 Å². The van der Waals surface area contributed by atoms with Gasteiger partial charge in [0.05, 0.1) is 12.0 Å². The molecule has 0 atom stereocenters. The summed E-state index contributed by atoms with van der Waals surface area (Å²) < 4.78 is 5.24. The molecule has 1 aromatic heterocycles. The maximum atomic E-state index is 12.1. The molecule has 19 heavy (non-hydrogen) atoms. The lowest BCUT2D eigenvalue weighted by molar-refractivity contribution is -0.155. The number of fused-ring (bicyclic) bond motifs is 2. The number of carbonyl (C=O) groups is 1. The topological polar surface area (TPSA) is 39.2 Å². The Labute approximate surface area is 113 Å². The zero-order chi connectivity index (χ0) is 13.3. The van der Waals surface area contributed by atoms with Gasteiger partial charge in [0.1, 0.15) is 0 Å². The summed E-state index contributed by atoms with van der Waals surface area (Å²) in [5.41, 5.74) is 1.07. The van der Waals surface area contributed by atoms with Gasteiger partial charge < -0.3 is 4.74 Å². The van der Waals surface area contributed by atoms with E-state index in [4.69, 9.17) is 4.74 Å². The fourth-order valence-corrected chi connectivity index (χ4v) is 3.41. The van der Waals surface area contributed by atoms with Gasteiger partial charge in [-0.2, -0.15) is 0 Å². The maximum absolute atomic E-state index is 12.1. The second kappa shape index (κ2) is 4.48. The lowest BCUT2D eigenvalue weighted by Crippen LogP contribution is -2.44. The van der Waals surface area contributed by atoms with Crippen molar-refractivity contribution >= 4 is 5.97 Å². The van der Waals surface area contributed by atoms with E-state index in [0.717, 1.165) is 25.7 Å². The Morgan fingerprint density at radius 2 is 1.89 bits per heavy atom. The second-order valence-electron chi connectivity index (χ2n) is 5.60. The number of rotatable bonds is 3. The Balaban J connectivity index is 1.90. The fourth-order valence-electron chi connectivity index (χ4n) is 3.41. The highest BCUT2D eigenvalue weighted by Gasteiger charge is 2.50. The largest absolute Gasteiger partial charge is 0.465 e. The van der Waals surface area contributed by atoms with Crippen LogP contribution in [-0.4, -0.2) is 17.6 Å². The molecule has 0 amide bonds. The molecule has 100 valence electrons. The molecule has 4 rings (SSSR count). The number of pyridine rings is 1. The van der Waals surface area contributed by atoms with Crippen LogP contribution in [-0.2, 0) is 14.9 Å². The van der Waals surface area contributed by atoms with E-state index < -0.39 is 0 Å². The molecular weight excluding hydrogens is 238 g/mol. The zero-order valence-corrected chi connectivity index (χ0v) is 11.3. The van der Waals surface area contributed by atoms with Crippen LogP contribution in [0.15, 0.2) is 36.7 Å². The fraction of sp³-hybridized carbons (Fsp3) is 0.500. The van der Waals surface area contributed by atoms with E-state index in [1.807, 2.05) is 19.3 Å². The summed E-state index contributed by atoms with van der Waals surface area (Å²) in [6, 6.07) is 4.18. The first kappa shape index (κ1) is 12.4. The third-order valence-electron chi connectivity index (χ3n) is 4.69. The smallest absolute Gasteiger partial charge is 0.315 e. The average Bonchev–Trinajstić information content (AvgIpc) is 2.50. The van der Waals surface area contributed by atoms with E-state index >= 15 is 0 Å². The van der Waals surface area contributed by atoms with Crippen molar-refractivity contribution in [2.75, 3.05) is 6.61 Å². The van der Waals surface area contributed by atoms with Crippen LogP contribution in [0.25, 0.3) is 0 Å². The van der Waals surface area contributed by atoms with Crippen LogP contribution in [0.1, 0.15) is 38.2 Å². The van der Waals surface area contributed by atoms with E-state index in [1.54, 1.807) is 0 Å². The SMILES string of the molecule is CCOC(=O)C12C=CC(c3ccncc3)(CC1)CC2. The normalized spacial score (nSPS) is 32.3. The highest BCUT2D eigenvalue weighted by Crippen LogP contribution is 2.53. The van der Waals surface area contributed by atoms with E-state index in [-0.39, 0.29) is 16.8 Å². The Hall–Kier alpha value is -1.64. The van der Waals surface area contributed by atoms with Gasteiger partial charge in [-0.25, -0.2) is 0 Å². The van der Waals surface area contributed by atoms with Crippen molar-refractivity contribution in [3.63, 3.8) is 0 Å². The molecule has 1 fully saturated rings. The van der Waals surface area contributed by atoms with E-state index in [9.17, 15) is 4.79 Å². The quantitative estimate of drug-likeness (QED) is 0.617. The van der Waals surface area contributed by atoms with Crippen molar-refractivity contribution in [1.82, 2.24) is 4.98 Å². The summed E-state index contributed by atoms with van der Waals surface area (Å²) in [6.07, 6.45) is 11.8. The first-order chi connectivity index (χ1) is 9.21. The van der Waals surface area contributed by atoms with E-state index in [0.29, 0.717) is 6.61 Å². The van der Waals surface area contributed by atoms with Gasteiger partial charge in [0, 0.05) is 17.8 Å². The van der Waals surface area contributed by atoms with Gasteiger partial charge in [0.2, 0.25) is 0 Å². The maximum Gasteiger partial charge on any atom is 0.315 e. The van der Waals surface area contributed by atoms with E-state index in [1.165, 1.54) is 5.56 Å². The van der Waals surface area contributed by atoms with Crippen LogP contribution < -0.4 is 0 Å². The molecule has 3 heteroatoms. The number of hydrogen-bond donors (Lipinski definition) is 0. The summed E-state index contributed by atoms with van der Waals surface area (Å²) in [5.74, 6) is -0.0470.